The van der Waals surface area contributed by atoms with Crippen molar-refractivity contribution in [3.05, 3.63) is 112 Å². The molecule has 0 fully saturated rings. The minimum absolute atomic E-state index is 0.0738. The van der Waals surface area contributed by atoms with Crippen LogP contribution in [-0.2, 0) is 20.0 Å². The van der Waals surface area contributed by atoms with Gasteiger partial charge in [-0.15, -0.1) is 0 Å². The highest BCUT2D eigenvalue weighted by Crippen LogP contribution is 2.50. The van der Waals surface area contributed by atoms with Crippen molar-refractivity contribution >= 4 is 21.4 Å². The average Bonchev–Trinajstić information content (AvgIpc) is 3.17. The molecule has 1 heterocycles. The Morgan fingerprint density at radius 2 is 1.16 bits per heavy atom. The molecule has 0 atom stereocenters. The van der Waals surface area contributed by atoms with Crippen molar-refractivity contribution in [2.75, 3.05) is 5.32 Å². The summed E-state index contributed by atoms with van der Waals surface area (Å²) >= 11 is 0. The fourth-order valence-electron chi connectivity index (χ4n) is 5.28. The van der Waals surface area contributed by atoms with Crippen LogP contribution in [0.15, 0.2) is 82.6 Å². The SMILES string of the molecule is Cc1cc(C2(c3cc(C)c(O)c(C)c3)C(=O)Nc3cc(S(=O)(=O)c4ccccc4)ccc32)cc(C)c1O. The van der Waals surface area contributed by atoms with Crippen molar-refractivity contribution in [1.29, 1.82) is 0 Å². The van der Waals surface area contributed by atoms with Gasteiger partial charge < -0.3 is 15.5 Å². The third kappa shape index (κ3) is 3.61. The Balaban J connectivity index is 1.81. The zero-order valence-electron chi connectivity index (χ0n) is 21.0. The van der Waals surface area contributed by atoms with Gasteiger partial charge >= 0.3 is 0 Å². The molecule has 0 radical (unpaired) electrons. The second-order valence-corrected chi connectivity index (χ2v) is 11.6. The lowest BCUT2D eigenvalue weighted by atomic mass is 9.69. The topological polar surface area (TPSA) is 104 Å². The smallest absolute Gasteiger partial charge is 0.244 e. The molecule has 0 unspecified atom stereocenters. The van der Waals surface area contributed by atoms with Crippen LogP contribution in [0.2, 0.25) is 0 Å². The second kappa shape index (κ2) is 8.49. The number of sulfone groups is 1. The third-order valence-corrected chi connectivity index (χ3v) is 8.96. The van der Waals surface area contributed by atoms with Gasteiger partial charge in [0.1, 0.15) is 16.9 Å². The van der Waals surface area contributed by atoms with Crippen LogP contribution in [0.1, 0.15) is 38.9 Å². The third-order valence-electron chi connectivity index (χ3n) is 7.20. The maximum Gasteiger partial charge on any atom is 0.244 e. The molecule has 0 saturated carbocycles. The van der Waals surface area contributed by atoms with E-state index in [9.17, 15) is 23.4 Å². The summed E-state index contributed by atoms with van der Waals surface area (Å²) in [6.07, 6.45) is 0. The molecule has 3 N–H and O–H groups in total. The fourth-order valence-corrected chi connectivity index (χ4v) is 6.59. The van der Waals surface area contributed by atoms with E-state index in [1.807, 2.05) is 0 Å². The quantitative estimate of drug-likeness (QED) is 0.337. The molecule has 0 spiro atoms. The van der Waals surface area contributed by atoms with Crippen LogP contribution in [0.25, 0.3) is 0 Å². The summed E-state index contributed by atoms with van der Waals surface area (Å²) in [6.45, 7) is 7.10. The van der Waals surface area contributed by atoms with E-state index in [4.69, 9.17) is 0 Å². The molecule has 37 heavy (non-hydrogen) atoms. The summed E-state index contributed by atoms with van der Waals surface area (Å²) < 4.78 is 26.6. The van der Waals surface area contributed by atoms with E-state index in [1.54, 1.807) is 76.2 Å². The molecule has 0 saturated heterocycles. The van der Waals surface area contributed by atoms with Crippen LogP contribution >= 0.6 is 0 Å². The number of carbonyl (C=O) groups is 1. The zero-order valence-corrected chi connectivity index (χ0v) is 21.8. The van der Waals surface area contributed by atoms with Gasteiger partial charge in [-0.05, 0) is 85.3 Å². The van der Waals surface area contributed by atoms with Crippen LogP contribution in [0.5, 0.6) is 11.5 Å². The number of phenols is 2. The van der Waals surface area contributed by atoms with E-state index in [0.29, 0.717) is 44.6 Å². The van der Waals surface area contributed by atoms with Crippen molar-refractivity contribution < 1.29 is 23.4 Å². The van der Waals surface area contributed by atoms with Crippen LogP contribution in [0.3, 0.4) is 0 Å². The molecule has 7 heteroatoms. The summed E-state index contributed by atoms with van der Waals surface area (Å²) in [4.78, 5) is 14.3. The number of amides is 1. The molecule has 0 aliphatic carbocycles. The van der Waals surface area contributed by atoms with Gasteiger partial charge in [-0.2, -0.15) is 0 Å². The minimum atomic E-state index is -3.80. The van der Waals surface area contributed by atoms with Gasteiger partial charge in [0, 0.05) is 11.3 Å². The molecule has 188 valence electrons. The van der Waals surface area contributed by atoms with E-state index < -0.39 is 15.3 Å². The molecule has 0 aromatic heterocycles. The van der Waals surface area contributed by atoms with Gasteiger partial charge in [0.25, 0.3) is 0 Å². The predicted molar refractivity (Wildman–Crippen MR) is 142 cm³/mol. The summed E-state index contributed by atoms with van der Waals surface area (Å²) in [5.74, 6) is -0.0365. The summed E-state index contributed by atoms with van der Waals surface area (Å²) in [7, 11) is -3.80. The van der Waals surface area contributed by atoms with Crippen molar-refractivity contribution in [3.63, 3.8) is 0 Å². The highest BCUT2D eigenvalue weighted by Gasteiger charge is 2.50. The lowest BCUT2D eigenvalue weighted by Crippen LogP contribution is -2.37. The van der Waals surface area contributed by atoms with E-state index in [0.717, 1.165) is 0 Å². The fraction of sp³-hybridized carbons (Fsp3) is 0.167. The molecule has 1 aliphatic rings. The number of anilines is 1. The molecular formula is C30H27NO5S. The van der Waals surface area contributed by atoms with Gasteiger partial charge in [-0.25, -0.2) is 8.42 Å². The molecule has 4 aromatic carbocycles. The number of nitrogens with one attached hydrogen (secondary N) is 1. The van der Waals surface area contributed by atoms with Crippen molar-refractivity contribution in [3.8, 4) is 11.5 Å². The monoisotopic (exact) mass is 513 g/mol. The van der Waals surface area contributed by atoms with E-state index in [1.165, 1.54) is 24.3 Å². The lowest BCUT2D eigenvalue weighted by molar-refractivity contribution is -0.118. The first kappa shape index (κ1) is 24.6. The molecule has 6 nitrogen and oxygen atoms in total. The number of fused-ring (bicyclic) bond motifs is 1. The highest BCUT2D eigenvalue weighted by atomic mass is 32.2. The number of hydrogen-bond donors (Lipinski definition) is 3. The second-order valence-electron chi connectivity index (χ2n) is 9.65. The van der Waals surface area contributed by atoms with Crippen molar-refractivity contribution in [2.45, 2.75) is 42.9 Å². The number of rotatable bonds is 4. The Morgan fingerprint density at radius 1 is 0.676 bits per heavy atom. The Labute approximate surface area is 216 Å². The standard InChI is InChI=1S/C30H27NO5S/c1-17-12-21(13-18(2)27(17)32)30(22-14-19(3)28(33)20(4)15-22)25-11-10-24(16-26(25)31-29(30)34)37(35,36)23-8-6-5-7-9-23/h5-16,32-33H,1-4H3,(H,31,34). The highest BCUT2D eigenvalue weighted by molar-refractivity contribution is 7.91. The van der Waals surface area contributed by atoms with Crippen molar-refractivity contribution in [2.24, 2.45) is 0 Å². The Hall–Kier alpha value is -4.10. The number of hydrogen-bond acceptors (Lipinski definition) is 5. The predicted octanol–water partition coefficient (Wildman–Crippen LogP) is 5.45. The first-order chi connectivity index (χ1) is 17.5. The Morgan fingerprint density at radius 3 is 1.65 bits per heavy atom. The molecule has 4 aromatic rings. The number of aromatic hydroxyl groups is 2. The molecular weight excluding hydrogens is 486 g/mol. The number of benzene rings is 4. The van der Waals surface area contributed by atoms with E-state index >= 15 is 0 Å². The van der Waals surface area contributed by atoms with Crippen molar-refractivity contribution in [1.82, 2.24) is 0 Å². The van der Waals surface area contributed by atoms with Gasteiger partial charge in [0.15, 0.2) is 0 Å². The molecule has 0 bridgehead atoms. The summed E-state index contributed by atoms with van der Waals surface area (Å²) in [5, 5.41) is 23.8. The van der Waals surface area contributed by atoms with Crippen LogP contribution in [0, 0.1) is 27.7 Å². The summed E-state index contributed by atoms with van der Waals surface area (Å²) in [6, 6.07) is 20.0. The molecule has 1 amide bonds. The van der Waals surface area contributed by atoms with E-state index in [2.05, 4.69) is 5.32 Å². The number of phenolic OH excluding ortho intramolecular Hbond substituents is 2. The van der Waals surface area contributed by atoms with Gasteiger partial charge in [-0.3, -0.25) is 4.79 Å². The number of carbonyl (C=O) groups excluding carboxylic acids is 1. The van der Waals surface area contributed by atoms with Gasteiger partial charge in [0.05, 0.1) is 9.79 Å². The maximum atomic E-state index is 14.0. The normalized spacial score (nSPS) is 14.3. The molecule has 1 aliphatic heterocycles. The van der Waals surface area contributed by atoms with Gasteiger partial charge in [-0.1, -0.05) is 48.5 Å². The maximum absolute atomic E-state index is 14.0. The lowest BCUT2D eigenvalue weighted by Gasteiger charge is -2.31. The van der Waals surface area contributed by atoms with E-state index in [-0.39, 0.29) is 27.2 Å². The molecule has 5 rings (SSSR count). The van der Waals surface area contributed by atoms with Crippen LogP contribution in [0.4, 0.5) is 5.69 Å². The Bertz CT molecular complexity index is 1590. The first-order valence-corrected chi connectivity index (χ1v) is 13.3. The van der Waals surface area contributed by atoms with Crippen LogP contribution in [-0.4, -0.2) is 24.5 Å². The minimum Gasteiger partial charge on any atom is -0.507 e. The zero-order chi connectivity index (χ0) is 26.7. The van der Waals surface area contributed by atoms with Gasteiger partial charge in [0.2, 0.25) is 15.7 Å². The Kier molecular flexibility index (Phi) is 5.64. The van der Waals surface area contributed by atoms with Crippen LogP contribution < -0.4 is 5.32 Å². The number of aryl methyl sites for hydroxylation is 4. The average molecular weight is 514 g/mol. The summed E-state index contributed by atoms with van der Waals surface area (Å²) in [5.41, 5.74) is 3.41. The largest absolute Gasteiger partial charge is 0.507 e. The first-order valence-electron chi connectivity index (χ1n) is 11.9.